The first kappa shape index (κ1) is 15.3. The molecule has 0 aliphatic heterocycles. The van der Waals surface area contributed by atoms with Gasteiger partial charge in [-0.1, -0.05) is 0 Å². The van der Waals surface area contributed by atoms with E-state index in [2.05, 4.69) is 31.4 Å². The molecule has 0 heterocycles. The molecule has 0 aliphatic rings. The van der Waals surface area contributed by atoms with Gasteiger partial charge in [0.05, 0.1) is 0 Å². The van der Waals surface area contributed by atoms with Crippen molar-refractivity contribution in [3.63, 3.8) is 0 Å². The molecule has 0 unspecified atom stereocenters. The van der Waals surface area contributed by atoms with E-state index in [-0.39, 0.29) is 5.54 Å². The molecule has 0 radical (unpaired) electrons. The van der Waals surface area contributed by atoms with E-state index in [0.717, 1.165) is 5.69 Å². The van der Waals surface area contributed by atoms with Crippen LogP contribution in [0.2, 0.25) is 0 Å². The van der Waals surface area contributed by atoms with E-state index in [0.29, 0.717) is 5.69 Å². The first-order chi connectivity index (χ1) is 8.55. The van der Waals surface area contributed by atoms with E-state index in [9.17, 15) is 4.79 Å². The number of hydrogen-bond acceptors (Lipinski definition) is 3. The molecule has 1 aromatic carbocycles. The number of carbonyl (C=O) groups is 1. The summed E-state index contributed by atoms with van der Waals surface area (Å²) in [6.45, 7) is 11.8. The van der Waals surface area contributed by atoms with Gasteiger partial charge in [-0.2, -0.15) is 0 Å². The predicted molar refractivity (Wildman–Crippen MR) is 79.7 cm³/mol. The Balaban J connectivity index is 2.60. The van der Waals surface area contributed by atoms with Gasteiger partial charge in [0.25, 0.3) is 0 Å². The van der Waals surface area contributed by atoms with Crippen LogP contribution >= 0.6 is 0 Å². The summed E-state index contributed by atoms with van der Waals surface area (Å²) < 4.78 is 5.19. The Morgan fingerprint density at radius 1 is 0.947 bits per heavy atom. The van der Waals surface area contributed by atoms with E-state index in [1.54, 1.807) is 0 Å². The standard InChI is InChI=1S/C15H24N2O2/c1-14(2,3)17-12-9-7-11(8-10-12)16-13(18)19-15(4,5)6/h7-10,17H,1-6H3,(H,16,18). The van der Waals surface area contributed by atoms with Crippen LogP contribution in [0.15, 0.2) is 24.3 Å². The molecule has 1 rings (SSSR count). The third-order valence-electron chi connectivity index (χ3n) is 2.05. The summed E-state index contributed by atoms with van der Waals surface area (Å²) in [5.41, 5.74) is 1.26. The van der Waals surface area contributed by atoms with Gasteiger partial charge in [-0.25, -0.2) is 4.79 Å². The second-order valence-electron chi connectivity index (χ2n) is 6.58. The van der Waals surface area contributed by atoms with Gasteiger partial charge in [-0.15, -0.1) is 0 Å². The topological polar surface area (TPSA) is 50.4 Å². The van der Waals surface area contributed by atoms with Crippen molar-refractivity contribution in [1.29, 1.82) is 0 Å². The van der Waals surface area contributed by atoms with Crippen LogP contribution in [0.25, 0.3) is 0 Å². The Bertz CT molecular complexity index is 425. The Morgan fingerprint density at radius 2 is 1.42 bits per heavy atom. The highest BCUT2D eigenvalue weighted by Gasteiger charge is 2.16. The van der Waals surface area contributed by atoms with E-state index in [1.165, 1.54) is 0 Å². The molecule has 0 aromatic heterocycles. The summed E-state index contributed by atoms with van der Waals surface area (Å²) >= 11 is 0. The number of benzene rings is 1. The molecule has 0 bridgehead atoms. The molecule has 0 saturated heterocycles. The maximum Gasteiger partial charge on any atom is 0.412 e. The van der Waals surface area contributed by atoms with Gasteiger partial charge in [-0.05, 0) is 65.8 Å². The van der Waals surface area contributed by atoms with Gasteiger partial charge in [-0.3, -0.25) is 5.32 Å². The molecule has 19 heavy (non-hydrogen) atoms. The monoisotopic (exact) mass is 264 g/mol. The molecular weight excluding hydrogens is 240 g/mol. The van der Waals surface area contributed by atoms with Gasteiger partial charge in [0.15, 0.2) is 0 Å². The van der Waals surface area contributed by atoms with E-state index in [1.807, 2.05) is 45.0 Å². The Labute approximate surface area is 115 Å². The molecule has 106 valence electrons. The van der Waals surface area contributed by atoms with Crippen molar-refractivity contribution in [2.24, 2.45) is 0 Å². The molecule has 0 atom stereocenters. The summed E-state index contributed by atoms with van der Waals surface area (Å²) in [4.78, 5) is 11.6. The maximum absolute atomic E-state index is 11.6. The van der Waals surface area contributed by atoms with Crippen molar-refractivity contribution in [2.45, 2.75) is 52.7 Å². The molecule has 1 aromatic rings. The SMILES string of the molecule is CC(C)(C)Nc1ccc(NC(=O)OC(C)(C)C)cc1. The number of amides is 1. The van der Waals surface area contributed by atoms with Crippen molar-refractivity contribution >= 4 is 17.5 Å². The molecule has 0 saturated carbocycles. The van der Waals surface area contributed by atoms with Crippen molar-refractivity contribution in [3.8, 4) is 0 Å². The fourth-order valence-corrected chi connectivity index (χ4v) is 1.49. The molecule has 2 N–H and O–H groups in total. The first-order valence-electron chi connectivity index (χ1n) is 6.43. The van der Waals surface area contributed by atoms with Gasteiger partial charge in [0.1, 0.15) is 5.60 Å². The maximum atomic E-state index is 11.6. The second kappa shape index (κ2) is 5.51. The molecular formula is C15H24N2O2. The summed E-state index contributed by atoms with van der Waals surface area (Å²) in [7, 11) is 0. The Hall–Kier alpha value is -1.71. The highest BCUT2D eigenvalue weighted by Crippen LogP contribution is 2.18. The Morgan fingerprint density at radius 3 is 1.84 bits per heavy atom. The van der Waals surface area contributed by atoms with Gasteiger partial charge in [0.2, 0.25) is 0 Å². The third-order valence-corrected chi connectivity index (χ3v) is 2.05. The number of rotatable bonds is 2. The minimum atomic E-state index is -0.488. The van der Waals surface area contributed by atoms with Crippen LogP contribution < -0.4 is 10.6 Å². The molecule has 0 fully saturated rings. The largest absolute Gasteiger partial charge is 0.444 e. The van der Waals surface area contributed by atoms with Crippen LogP contribution in [-0.2, 0) is 4.74 Å². The van der Waals surface area contributed by atoms with Crippen molar-refractivity contribution < 1.29 is 9.53 Å². The number of carbonyl (C=O) groups excluding carboxylic acids is 1. The number of anilines is 2. The molecule has 4 heteroatoms. The van der Waals surface area contributed by atoms with Gasteiger partial charge < -0.3 is 10.1 Å². The Kier molecular flexibility index (Phi) is 4.45. The predicted octanol–water partition coefficient (Wildman–Crippen LogP) is 4.24. The number of hydrogen-bond donors (Lipinski definition) is 2. The fourth-order valence-electron chi connectivity index (χ4n) is 1.49. The lowest BCUT2D eigenvalue weighted by Gasteiger charge is -2.22. The van der Waals surface area contributed by atoms with Crippen LogP contribution in [0.1, 0.15) is 41.5 Å². The molecule has 1 amide bonds. The first-order valence-corrected chi connectivity index (χ1v) is 6.43. The van der Waals surface area contributed by atoms with Crippen LogP contribution in [0.4, 0.5) is 16.2 Å². The zero-order valence-electron chi connectivity index (χ0n) is 12.6. The average molecular weight is 264 g/mol. The van der Waals surface area contributed by atoms with Crippen LogP contribution in [0.3, 0.4) is 0 Å². The van der Waals surface area contributed by atoms with Crippen LogP contribution in [-0.4, -0.2) is 17.2 Å². The minimum Gasteiger partial charge on any atom is -0.444 e. The molecule has 0 aliphatic carbocycles. The van der Waals surface area contributed by atoms with Crippen molar-refractivity contribution in [3.05, 3.63) is 24.3 Å². The van der Waals surface area contributed by atoms with Gasteiger partial charge in [0, 0.05) is 16.9 Å². The van der Waals surface area contributed by atoms with Crippen molar-refractivity contribution in [1.82, 2.24) is 0 Å². The lowest BCUT2D eigenvalue weighted by atomic mass is 10.1. The summed E-state index contributed by atoms with van der Waals surface area (Å²) in [6.07, 6.45) is -0.441. The number of nitrogens with one attached hydrogen (secondary N) is 2. The quantitative estimate of drug-likeness (QED) is 0.839. The van der Waals surface area contributed by atoms with Gasteiger partial charge >= 0.3 is 6.09 Å². The van der Waals surface area contributed by atoms with E-state index < -0.39 is 11.7 Å². The zero-order valence-corrected chi connectivity index (χ0v) is 12.6. The zero-order chi connectivity index (χ0) is 14.7. The summed E-state index contributed by atoms with van der Waals surface area (Å²) in [5, 5.41) is 6.06. The average Bonchev–Trinajstić information content (AvgIpc) is 2.15. The molecule has 0 spiro atoms. The highest BCUT2D eigenvalue weighted by atomic mass is 16.6. The number of ether oxygens (including phenoxy) is 1. The summed E-state index contributed by atoms with van der Waals surface area (Å²) in [5.74, 6) is 0. The normalized spacial score (nSPS) is 11.9. The second-order valence-corrected chi connectivity index (χ2v) is 6.58. The van der Waals surface area contributed by atoms with Crippen LogP contribution in [0.5, 0.6) is 0 Å². The lowest BCUT2D eigenvalue weighted by molar-refractivity contribution is 0.0636. The summed E-state index contributed by atoms with van der Waals surface area (Å²) in [6, 6.07) is 7.55. The highest BCUT2D eigenvalue weighted by molar-refractivity contribution is 5.85. The van der Waals surface area contributed by atoms with Crippen molar-refractivity contribution in [2.75, 3.05) is 10.6 Å². The smallest absolute Gasteiger partial charge is 0.412 e. The van der Waals surface area contributed by atoms with Crippen LogP contribution in [0, 0.1) is 0 Å². The fraction of sp³-hybridized carbons (Fsp3) is 0.533. The molecule has 4 nitrogen and oxygen atoms in total. The third kappa shape index (κ3) is 6.70. The van der Waals surface area contributed by atoms with E-state index in [4.69, 9.17) is 4.74 Å². The lowest BCUT2D eigenvalue weighted by Crippen LogP contribution is -2.27. The minimum absolute atomic E-state index is 0.0140. The van der Waals surface area contributed by atoms with E-state index >= 15 is 0 Å².